The van der Waals surface area contributed by atoms with Gasteiger partial charge in [-0.25, -0.2) is 0 Å². The number of rotatable bonds is 3. The fourth-order valence-electron chi connectivity index (χ4n) is 3.41. The summed E-state index contributed by atoms with van der Waals surface area (Å²) in [5.41, 5.74) is 6.53. The lowest BCUT2D eigenvalue weighted by atomic mass is 9.91. The summed E-state index contributed by atoms with van der Waals surface area (Å²) in [6.45, 7) is 2.93. The molecule has 1 unspecified atom stereocenters. The molecule has 3 N–H and O–H groups in total. The molecular weight excluding hydrogens is 260 g/mol. The summed E-state index contributed by atoms with van der Waals surface area (Å²) in [5, 5.41) is 12.2. The van der Waals surface area contributed by atoms with Gasteiger partial charge in [0.2, 0.25) is 0 Å². The van der Waals surface area contributed by atoms with Crippen LogP contribution in [0.2, 0.25) is 0 Å². The second-order valence-corrected chi connectivity index (χ2v) is 5.91. The number of aryl methyl sites for hydroxylation is 2. The first-order valence-corrected chi connectivity index (χ1v) is 7.64. The number of hydrogen-bond acceptors (Lipinski definition) is 2. The molecule has 1 atom stereocenters. The van der Waals surface area contributed by atoms with E-state index in [0.29, 0.717) is 6.04 Å². The van der Waals surface area contributed by atoms with Gasteiger partial charge in [0.15, 0.2) is 0 Å². The van der Waals surface area contributed by atoms with Crippen LogP contribution in [0, 0.1) is 6.92 Å². The van der Waals surface area contributed by atoms with Crippen molar-refractivity contribution in [1.29, 1.82) is 0 Å². The number of aromatic amines is 2. The zero-order chi connectivity index (χ0) is 14.2. The van der Waals surface area contributed by atoms with Gasteiger partial charge in [0, 0.05) is 40.4 Å². The smallest absolute Gasteiger partial charge is 0.0535 e. The van der Waals surface area contributed by atoms with Crippen molar-refractivity contribution in [2.45, 2.75) is 38.8 Å². The van der Waals surface area contributed by atoms with Crippen LogP contribution in [0.15, 0.2) is 30.5 Å². The van der Waals surface area contributed by atoms with E-state index in [0.717, 1.165) is 12.2 Å². The molecule has 1 aliphatic rings. The number of H-pyrrole nitrogens is 2. The van der Waals surface area contributed by atoms with Gasteiger partial charge >= 0.3 is 0 Å². The summed E-state index contributed by atoms with van der Waals surface area (Å²) in [6.07, 6.45) is 5.53. The number of aromatic nitrogens is 3. The summed E-state index contributed by atoms with van der Waals surface area (Å²) in [6, 6.07) is 9.04. The molecule has 4 nitrogen and oxygen atoms in total. The van der Waals surface area contributed by atoms with Crippen LogP contribution in [0.25, 0.3) is 10.9 Å². The van der Waals surface area contributed by atoms with E-state index in [1.165, 1.54) is 47.0 Å². The van der Waals surface area contributed by atoms with Crippen molar-refractivity contribution < 1.29 is 0 Å². The zero-order valence-electron chi connectivity index (χ0n) is 12.2. The summed E-state index contributed by atoms with van der Waals surface area (Å²) in [5.74, 6) is 0. The van der Waals surface area contributed by atoms with Crippen LogP contribution in [-0.2, 0) is 13.0 Å². The lowest BCUT2D eigenvalue weighted by Gasteiger charge is -2.24. The molecule has 0 amide bonds. The van der Waals surface area contributed by atoms with E-state index in [9.17, 15) is 0 Å². The topological polar surface area (TPSA) is 56.5 Å². The normalized spacial score (nSPS) is 18.0. The highest BCUT2D eigenvalue weighted by Crippen LogP contribution is 2.34. The number of nitrogens with one attached hydrogen (secondary N) is 3. The Balaban J connectivity index is 1.62. The average Bonchev–Trinajstić information content (AvgIpc) is 3.09. The van der Waals surface area contributed by atoms with Crippen molar-refractivity contribution in [3.05, 3.63) is 53.0 Å². The van der Waals surface area contributed by atoms with Gasteiger partial charge in [0.25, 0.3) is 0 Å². The Morgan fingerprint density at radius 3 is 3.10 bits per heavy atom. The molecule has 0 saturated heterocycles. The van der Waals surface area contributed by atoms with Crippen LogP contribution in [0.1, 0.15) is 41.4 Å². The minimum Gasteiger partial charge on any atom is -0.357 e. The van der Waals surface area contributed by atoms with Crippen LogP contribution < -0.4 is 5.32 Å². The average molecular weight is 280 g/mol. The van der Waals surface area contributed by atoms with Gasteiger partial charge in [0.1, 0.15) is 0 Å². The van der Waals surface area contributed by atoms with Gasteiger partial charge < -0.3 is 10.3 Å². The van der Waals surface area contributed by atoms with Crippen LogP contribution in [0.3, 0.4) is 0 Å². The summed E-state index contributed by atoms with van der Waals surface area (Å²) >= 11 is 0. The molecule has 3 aromatic rings. The minimum absolute atomic E-state index is 0.412. The third-order valence-electron chi connectivity index (χ3n) is 4.59. The molecule has 2 aromatic heterocycles. The largest absolute Gasteiger partial charge is 0.357 e. The Morgan fingerprint density at radius 2 is 2.24 bits per heavy atom. The molecule has 1 aromatic carbocycles. The molecule has 0 radical (unpaired) electrons. The lowest BCUT2D eigenvalue weighted by Crippen LogP contribution is -2.25. The first-order valence-electron chi connectivity index (χ1n) is 7.64. The second kappa shape index (κ2) is 5.04. The van der Waals surface area contributed by atoms with Crippen LogP contribution in [0.5, 0.6) is 0 Å². The van der Waals surface area contributed by atoms with Gasteiger partial charge in [-0.2, -0.15) is 5.10 Å². The van der Waals surface area contributed by atoms with Gasteiger partial charge in [-0.15, -0.1) is 0 Å². The summed E-state index contributed by atoms with van der Waals surface area (Å²) < 4.78 is 0. The number of nitrogens with zero attached hydrogens (tertiary/aromatic N) is 1. The maximum absolute atomic E-state index is 4.09. The van der Waals surface area contributed by atoms with Crippen molar-refractivity contribution in [3.63, 3.8) is 0 Å². The van der Waals surface area contributed by atoms with Gasteiger partial charge in [-0.1, -0.05) is 18.2 Å². The van der Waals surface area contributed by atoms with Gasteiger partial charge in [-0.3, -0.25) is 5.10 Å². The molecule has 108 valence electrons. The number of benzene rings is 1. The van der Waals surface area contributed by atoms with E-state index < -0.39 is 0 Å². The van der Waals surface area contributed by atoms with E-state index >= 15 is 0 Å². The third-order valence-corrected chi connectivity index (χ3v) is 4.59. The third kappa shape index (κ3) is 2.16. The fraction of sp³-hybridized carbons (Fsp3) is 0.353. The summed E-state index contributed by atoms with van der Waals surface area (Å²) in [7, 11) is 0. The Labute approximate surface area is 124 Å². The Hall–Kier alpha value is -2.07. The van der Waals surface area contributed by atoms with Crippen LogP contribution in [-0.4, -0.2) is 15.2 Å². The predicted octanol–water partition coefficient (Wildman–Crippen LogP) is 3.37. The highest BCUT2D eigenvalue weighted by Gasteiger charge is 2.23. The van der Waals surface area contributed by atoms with E-state index in [4.69, 9.17) is 0 Å². The van der Waals surface area contributed by atoms with E-state index in [-0.39, 0.29) is 0 Å². The maximum atomic E-state index is 4.09. The minimum atomic E-state index is 0.412. The van der Waals surface area contributed by atoms with Crippen molar-refractivity contribution in [1.82, 2.24) is 20.5 Å². The Morgan fingerprint density at radius 1 is 1.33 bits per heavy atom. The monoisotopic (exact) mass is 280 g/mol. The summed E-state index contributed by atoms with van der Waals surface area (Å²) in [4.78, 5) is 3.62. The lowest BCUT2D eigenvalue weighted by molar-refractivity contribution is 0.452. The number of hydrogen-bond donors (Lipinski definition) is 3. The predicted molar refractivity (Wildman–Crippen MR) is 84.1 cm³/mol. The van der Waals surface area contributed by atoms with Crippen molar-refractivity contribution >= 4 is 10.9 Å². The molecule has 4 heteroatoms. The highest BCUT2D eigenvalue weighted by molar-refractivity contribution is 5.85. The number of para-hydroxylation sites is 1. The van der Waals surface area contributed by atoms with Crippen molar-refractivity contribution in [2.75, 3.05) is 0 Å². The van der Waals surface area contributed by atoms with Gasteiger partial charge in [-0.05, 0) is 37.8 Å². The van der Waals surface area contributed by atoms with E-state index in [1.54, 1.807) is 0 Å². The first-order chi connectivity index (χ1) is 10.3. The molecule has 2 heterocycles. The standard InChI is InChI=1S/C17H20N4/c1-11-12(10-19-21-11)9-18-16-8-4-6-14-13-5-2-3-7-15(13)20-17(14)16/h2-3,5,7,10,16,18,20H,4,6,8-9H2,1H3,(H,19,21). The fourth-order valence-corrected chi connectivity index (χ4v) is 3.41. The Kier molecular flexibility index (Phi) is 3.04. The van der Waals surface area contributed by atoms with E-state index in [1.807, 2.05) is 6.20 Å². The maximum Gasteiger partial charge on any atom is 0.0535 e. The quantitative estimate of drug-likeness (QED) is 0.689. The SMILES string of the molecule is Cc1[nH]ncc1CNC1CCCc2c1[nH]c1ccccc21. The molecule has 1 aliphatic carbocycles. The second-order valence-electron chi connectivity index (χ2n) is 5.91. The van der Waals surface area contributed by atoms with Crippen molar-refractivity contribution in [2.24, 2.45) is 0 Å². The first kappa shape index (κ1) is 12.7. The van der Waals surface area contributed by atoms with Gasteiger partial charge in [0.05, 0.1) is 6.20 Å². The Bertz CT molecular complexity index is 768. The molecular formula is C17H20N4. The number of fused-ring (bicyclic) bond motifs is 3. The molecule has 21 heavy (non-hydrogen) atoms. The van der Waals surface area contributed by atoms with E-state index in [2.05, 4.69) is 51.7 Å². The van der Waals surface area contributed by atoms with Crippen LogP contribution in [0.4, 0.5) is 0 Å². The highest BCUT2D eigenvalue weighted by atomic mass is 15.1. The molecule has 0 aliphatic heterocycles. The van der Waals surface area contributed by atoms with Crippen molar-refractivity contribution in [3.8, 4) is 0 Å². The molecule has 0 bridgehead atoms. The molecule has 0 spiro atoms. The molecule has 0 saturated carbocycles. The molecule has 4 rings (SSSR count). The molecule has 0 fully saturated rings. The van der Waals surface area contributed by atoms with Crippen LogP contribution >= 0.6 is 0 Å². The zero-order valence-corrected chi connectivity index (χ0v) is 12.2.